The number of fused-ring (bicyclic) bond motifs is 2. The zero-order valence-electron chi connectivity index (χ0n) is 27.4. The molecule has 0 amide bonds. The third kappa shape index (κ3) is 11.4. The van der Waals surface area contributed by atoms with Gasteiger partial charge in [0.2, 0.25) is 20.0 Å². The van der Waals surface area contributed by atoms with Gasteiger partial charge in [-0.15, -0.1) is 32.3 Å². The number of benzene rings is 4. The molecule has 24 heteroatoms. The summed E-state index contributed by atoms with van der Waals surface area (Å²) >= 11 is 14.9. The van der Waals surface area contributed by atoms with Crippen molar-refractivity contribution in [1.29, 1.82) is 0 Å². The molecule has 0 atom stereocenters. The Kier molecular flexibility index (Phi) is 15.1. The van der Waals surface area contributed by atoms with Crippen LogP contribution in [0.2, 0.25) is 10.0 Å². The van der Waals surface area contributed by atoms with Crippen LogP contribution in [0.5, 0.6) is 0 Å². The fourth-order valence-corrected chi connectivity index (χ4v) is 11.2. The van der Waals surface area contributed by atoms with Crippen molar-refractivity contribution >= 4 is 110 Å². The van der Waals surface area contributed by atoms with Gasteiger partial charge in [-0.3, -0.25) is 0 Å². The monoisotopic (exact) mass is 898 g/mol. The zero-order chi connectivity index (χ0) is 37.9. The SMILES string of the molecule is NS(=O)(=O)c1cc2c(cc1Cl)NC(CSCc1ccccc1)=NS2(=O)=O.NS(=O)(=O)c1cc2c(cc1Cl)NC(CSCc1ccccc1)=NS2(=O)=O.O.O. The molecule has 0 spiro atoms. The Morgan fingerprint density at radius 1 is 0.574 bits per heavy atom. The average Bonchev–Trinajstić information content (AvgIpc) is 3.04. The second-order valence-electron chi connectivity index (χ2n) is 10.9. The lowest BCUT2D eigenvalue weighted by atomic mass is 10.2. The summed E-state index contributed by atoms with van der Waals surface area (Å²) in [5.74, 6) is 2.55. The first kappa shape index (κ1) is 45.1. The Morgan fingerprint density at radius 2 is 0.907 bits per heavy atom. The molecule has 4 aromatic rings. The number of thioether (sulfide) groups is 2. The van der Waals surface area contributed by atoms with Gasteiger partial charge in [0, 0.05) is 11.5 Å². The molecular formula is C30H32Cl2N6O10S6. The highest BCUT2D eigenvalue weighted by molar-refractivity contribution is 7.99. The summed E-state index contributed by atoms with van der Waals surface area (Å²) in [6, 6.07) is 23.8. The minimum absolute atomic E-state index is 0. The maximum Gasteiger partial charge on any atom is 0.286 e. The van der Waals surface area contributed by atoms with Crippen LogP contribution in [0.25, 0.3) is 0 Å². The van der Waals surface area contributed by atoms with Crippen molar-refractivity contribution in [2.75, 3.05) is 22.1 Å². The first-order valence-electron chi connectivity index (χ1n) is 14.5. The van der Waals surface area contributed by atoms with Gasteiger partial charge in [0.05, 0.1) is 32.9 Å². The van der Waals surface area contributed by atoms with Crippen LogP contribution in [0.3, 0.4) is 0 Å². The summed E-state index contributed by atoms with van der Waals surface area (Å²) in [6.07, 6.45) is 0. The standard InChI is InChI=1S/2C15H14ClN3O4S3.2H2O/c2*16-11-6-12-14(7-13(11)25(17,20)21)26(22,23)19-15(18-12)9-24-8-10-4-2-1-3-5-10;;/h2*1-7H,8-9H2,(H,18,19)(H2,17,20,21);2*1H2. The van der Waals surface area contributed by atoms with E-state index < -0.39 is 49.9 Å². The molecule has 0 saturated carbocycles. The van der Waals surface area contributed by atoms with Gasteiger partial charge in [0.1, 0.15) is 31.3 Å². The van der Waals surface area contributed by atoms with E-state index in [4.69, 9.17) is 33.5 Å². The van der Waals surface area contributed by atoms with Crippen LogP contribution in [0.15, 0.2) is 113 Å². The van der Waals surface area contributed by atoms with Gasteiger partial charge in [0.25, 0.3) is 20.0 Å². The molecule has 0 aromatic heterocycles. The molecule has 10 N–H and O–H groups in total. The van der Waals surface area contributed by atoms with E-state index in [1.807, 2.05) is 60.7 Å². The molecule has 54 heavy (non-hydrogen) atoms. The van der Waals surface area contributed by atoms with Gasteiger partial charge in [-0.1, -0.05) is 83.9 Å². The summed E-state index contributed by atoms with van der Waals surface area (Å²) in [6.45, 7) is 0. The zero-order valence-corrected chi connectivity index (χ0v) is 33.8. The number of amidine groups is 2. The van der Waals surface area contributed by atoms with Crippen molar-refractivity contribution in [3.05, 3.63) is 106 Å². The quantitative estimate of drug-likeness (QED) is 0.178. The molecule has 2 aliphatic heterocycles. The van der Waals surface area contributed by atoms with Crippen LogP contribution in [-0.4, -0.2) is 67.8 Å². The molecule has 292 valence electrons. The van der Waals surface area contributed by atoms with Crippen molar-refractivity contribution in [2.24, 2.45) is 19.1 Å². The minimum Gasteiger partial charge on any atom is -0.412 e. The fourth-order valence-electron chi connectivity index (χ4n) is 4.68. The Labute approximate surface area is 330 Å². The van der Waals surface area contributed by atoms with Crippen molar-refractivity contribution in [3.63, 3.8) is 0 Å². The Bertz CT molecular complexity index is 2350. The third-order valence-corrected chi connectivity index (χ3v) is 14.4. The molecular weight excluding hydrogens is 868 g/mol. The molecule has 4 aromatic carbocycles. The van der Waals surface area contributed by atoms with E-state index >= 15 is 0 Å². The van der Waals surface area contributed by atoms with Crippen molar-refractivity contribution in [1.82, 2.24) is 0 Å². The molecule has 2 heterocycles. The number of hydrogen-bond donors (Lipinski definition) is 4. The molecule has 0 bridgehead atoms. The third-order valence-electron chi connectivity index (χ3n) is 6.96. The number of nitrogens with two attached hydrogens (primary N) is 2. The highest BCUT2D eigenvalue weighted by atomic mass is 35.5. The molecule has 0 unspecified atom stereocenters. The molecule has 0 saturated heterocycles. The largest absolute Gasteiger partial charge is 0.412 e. The predicted molar refractivity (Wildman–Crippen MR) is 215 cm³/mol. The summed E-state index contributed by atoms with van der Waals surface area (Å²) in [5.41, 5.74) is 2.57. The summed E-state index contributed by atoms with van der Waals surface area (Å²) < 4.78 is 103. The number of rotatable bonds is 10. The van der Waals surface area contributed by atoms with Gasteiger partial charge in [-0.2, -0.15) is 16.8 Å². The fraction of sp³-hybridized carbons (Fsp3) is 0.133. The number of anilines is 2. The van der Waals surface area contributed by atoms with Crippen LogP contribution < -0.4 is 20.9 Å². The van der Waals surface area contributed by atoms with E-state index in [0.29, 0.717) is 23.0 Å². The molecule has 0 aliphatic carbocycles. The highest BCUT2D eigenvalue weighted by Crippen LogP contribution is 2.36. The van der Waals surface area contributed by atoms with Crippen LogP contribution in [0.4, 0.5) is 11.4 Å². The number of primary sulfonamides is 2. The van der Waals surface area contributed by atoms with E-state index in [-0.39, 0.29) is 53.8 Å². The van der Waals surface area contributed by atoms with Gasteiger partial charge >= 0.3 is 0 Å². The first-order valence-corrected chi connectivity index (χ1v) is 23.5. The number of nitrogens with one attached hydrogen (secondary N) is 2. The van der Waals surface area contributed by atoms with Crippen LogP contribution >= 0.6 is 46.7 Å². The summed E-state index contributed by atoms with van der Waals surface area (Å²) in [4.78, 5) is -1.47. The van der Waals surface area contributed by atoms with E-state index in [1.54, 1.807) is 0 Å². The maximum atomic E-state index is 12.4. The topological polar surface area (TPSA) is 300 Å². The Hall–Kier alpha value is -3.26. The smallest absolute Gasteiger partial charge is 0.286 e. The molecule has 0 radical (unpaired) electrons. The van der Waals surface area contributed by atoms with E-state index in [0.717, 1.165) is 23.3 Å². The van der Waals surface area contributed by atoms with Gasteiger partial charge in [-0.05, 0) is 35.4 Å². The summed E-state index contributed by atoms with van der Waals surface area (Å²) in [5, 5.41) is 15.6. The first-order chi connectivity index (χ1) is 24.3. The minimum atomic E-state index is -4.15. The second-order valence-corrected chi connectivity index (χ2v) is 19.9. The van der Waals surface area contributed by atoms with Crippen molar-refractivity contribution in [2.45, 2.75) is 31.1 Å². The average molecular weight is 900 g/mol. The van der Waals surface area contributed by atoms with Crippen LogP contribution in [0, 0.1) is 0 Å². The number of nitrogens with zero attached hydrogens (tertiary/aromatic N) is 2. The lowest BCUT2D eigenvalue weighted by Crippen LogP contribution is -2.24. The Balaban J connectivity index is 0.000000280. The van der Waals surface area contributed by atoms with E-state index in [9.17, 15) is 33.7 Å². The number of sulfonamides is 4. The van der Waals surface area contributed by atoms with Crippen LogP contribution in [-0.2, 0) is 51.6 Å². The lowest BCUT2D eigenvalue weighted by molar-refractivity contribution is 0.592. The Morgan fingerprint density at radius 3 is 1.22 bits per heavy atom. The number of halogens is 2. The molecule has 0 fully saturated rings. The lowest BCUT2D eigenvalue weighted by Gasteiger charge is -2.19. The van der Waals surface area contributed by atoms with Gasteiger partial charge < -0.3 is 21.6 Å². The van der Waals surface area contributed by atoms with E-state index in [2.05, 4.69) is 19.4 Å². The maximum absolute atomic E-state index is 12.4. The second kappa shape index (κ2) is 18.1. The van der Waals surface area contributed by atoms with Gasteiger partial charge in [-0.25, -0.2) is 27.1 Å². The van der Waals surface area contributed by atoms with Crippen molar-refractivity contribution < 1.29 is 44.6 Å². The predicted octanol–water partition coefficient (Wildman–Crippen LogP) is 3.22. The molecule has 16 nitrogen and oxygen atoms in total. The summed E-state index contributed by atoms with van der Waals surface area (Å²) in [7, 11) is -16.4. The molecule has 2 aliphatic rings. The van der Waals surface area contributed by atoms with E-state index in [1.165, 1.54) is 35.7 Å². The number of hydrogen-bond acceptors (Lipinski definition) is 12. The van der Waals surface area contributed by atoms with Crippen LogP contribution in [0.1, 0.15) is 11.1 Å². The highest BCUT2D eigenvalue weighted by Gasteiger charge is 2.30. The molecule has 6 rings (SSSR count). The van der Waals surface area contributed by atoms with Crippen molar-refractivity contribution in [3.8, 4) is 0 Å². The van der Waals surface area contributed by atoms with Gasteiger partial charge in [0.15, 0.2) is 0 Å². The normalized spacial score (nSPS) is 15.1.